The van der Waals surface area contributed by atoms with Crippen LogP contribution >= 0.6 is 11.3 Å². The van der Waals surface area contributed by atoms with Gasteiger partial charge in [0.15, 0.2) is 5.96 Å². The number of aromatic nitrogens is 1. The van der Waals surface area contributed by atoms with Crippen molar-refractivity contribution in [3.05, 3.63) is 51.5 Å². The minimum absolute atomic E-state index is 0.0979. The van der Waals surface area contributed by atoms with Gasteiger partial charge in [0.05, 0.1) is 5.01 Å². The summed E-state index contributed by atoms with van der Waals surface area (Å²) in [6.07, 6.45) is 3.95. The number of nitrogens with one attached hydrogen (secondary N) is 2. The minimum Gasteiger partial charge on any atom is -0.357 e. The zero-order valence-electron chi connectivity index (χ0n) is 14.6. The second-order valence-electron chi connectivity index (χ2n) is 5.46. The van der Waals surface area contributed by atoms with Gasteiger partial charge in [0.2, 0.25) is 0 Å². The molecule has 4 nitrogen and oxygen atoms in total. The number of halogens is 2. The molecule has 0 bridgehead atoms. The average Bonchev–Trinajstić information content (AvgIpc) is 3.05. The van der Waals surface area contributed by atoms with Crippen molar-refractivity contribution in [3.8, 4) is 0 Å². The van der Waals surface area contributed by atoms with Crippen LogP contribution < -0.4 is 10.6 Å². The molecule has 0 aliphatic rings. The van der Waals surface area contributed by atoms with Crippen LogP contribution in [0, 0.1) is 11.6 Å². The van der Waals surface area contributed by atoms with Gasteiger partial charge >= 0.3 is 0 Å². The maximum atomic E-state index is 13.6. The Labute approximate surface area is 151 Å². The Morgan fingerprint density at radius 3 is 2.56 bits per heavy atom. The van der Waals surface area contributed by atoms with Crippen molar-refractivity contribution in [1.82, 2.24) is 15.6 Å². The number of nitrogens with zero attached hydrogens (tertiary/aromatic N) is 2. The quantitative estimate of drug-likeness (QED) is 0.557. The molecule has 1 aromatic heterocycles. The zero-order valence-corrected chi connectivity index (χ0v) is 15.4. The van der Waals surface area contributed by atoms with Crippen LogP contribution in [-0.2, 0) is 19.3 Å². The molecule has 0 atom stereocenters. The summed E-state index contributed by atoms with van der Waals surface area (Å²) < 4.78 is 27.3. The Bertz CT molecular complexity index is 680. The summed E-state index contributed by atoms with van der Waals surface area (Å²) in [4.78, 5) is 10.1. The molecule has 1 aromatic carbocycles. The number of hydrogen-bond donors (Lipinski definition) is 2. The van der Waals surface area contributed by atoms with E-state index in [0.717, 1.165) is 24.4 Å². The van der Waals surface area contributed by atoms with Gasteiger partial charge in [0.25, 0.3) is 0 Å². The molecule has 2 rings (SSSR count). The summed E-state index contributed by atoms with van der Waals surface area (Å²) in [7, 11) is 0. The van der Waals surface area contributed by atoms with E-state index in [1.807, 2.05) is 13.1 Å². The largest absolute Gasteiger partial charge is 0.357 e. The molecule has 2 N–H and O–H groups in total. The molecular formula is C18H24F2N4S. The van der Waals surface area contributed by atoms with Crippen LogP contribution in [0.15, 0.2) is 29.4 Å². The van der Waals surface area contributed by atoms with E-state index >= 15 is 0 Å². The van der Waals surface area contributed by atoms with E-state index in [2.05, 4.69) is 27.5 Å². The van der Waals surface area contributed by atoms with E-state index in [1.165, 1.54) is 23.1 Å². The second kappa shape index (κ2) is 10.1. The Balaban J connectivity index is 1.84. The van der Waals surface area contributed by atoms with Crippen molar-refractivity contribution in [2.45, 2.75) is 33.1 Å². The second-order valence-corrected chi connectivity index (χ2v) is 6.66. The summed E-state index contributed by atoms with van der Waals surface area (Å²) in [6.45, 7) is 5.82. The van der Waals surface area contributed by atoms with Crippen LogP contribution in [0.3, 0.4) is 0 Å². The number of hydrogen-bond acceptors (Lipinski definition) is 3. The first-order chi connectivity index (χ1) is 12.1. The maximum absolute atomic E-state index is 13.6. The van der Waals surface area contributed by atoms with Gasteiger partial charge < -0.3 is 10.6 Å². The number of benzene rings is 1. The molecule has 0 spiro atoms. The molecule has 1 heterocycles. The van der Waals surface area contributed by atoms with Gasteiger partial charge in [-0.2, -0.15) is 0 Å². The third kappa shape index (κ3) is 6.08. The Morgan fingerprint density at radius 2 is 1.92 bits per heavy atom. The van der Waals surface area contributed by atoms with Gasteiger partial charge in [0, 0.05) is 42.7 Å². The van der Waals surface area contributed by atoms with E-state index in [0.29, 0.717) is 19.0 Å². The fourth-order valence-corrected chi connectivity index (χ4v) is 3.16. The van der Waals surface area contributed by atoms with E-state index in [4.69, 9.17) is 0 Å². The molecule has 2 aromatic rings. The number of guanidine groups is 1. The van der Waals surface area contributed by atoms with Crippen molar-refractivity contribution < 1.29 is 8.78 Å². The molecule has 136 valence electrons. The molecule has 0 saturated heterocycles. The van der Waals surface area contributed by atoms with Crippen molar-refractivity contribution in [2.75, 3.05) is 19.6 Å². The summed E-state index contributed by atoms with van der Waals surface area (Å²) in [6, 6.07) is 3.92. The summed E-state index contributed by atoms with van der Waals surface area (Å²) in [5.74, 6) is -0.384. The van der Waals surface area contributed by atoms with E-state index in [1.54, 1.807) is 11.3 Å². The van der Waals surface area contributed by atoms with Gasteiger partial charge in [-0.15, -0.1) is 11.3 Å². The molecule has 0 aliphatic heterocycles. The smallest absolute Gasteiger partial charge is 0.191 e. The van der Waals surface area contributed by atoms with Crippen molar-refractivity contribution in [1.29, 1.82) is 0 Å². The fourth-order valence-electron chi connectivity index (χ4n) is 2.31. The van der Waals surface area contributed by atoms with Gasteiger partial charge in [0.1, 0.15) is 11.6 Å². The standard InChI is InChI=1S/C18H24F2N4S/c1-3-13-12-24-17(25-13)9-11-23-18(21-4-2)22-10-8-14-15(19)6-5-7-16(14)20/h5-7,12H,3-4,8-11H2,1-2H3,(H2,21,22,23). The normalized spacial score (nSPS) is 11.6. The molecular weight excluding hydrogens is 342 g/mol. The average molecular weight is 366 g/mol. The molecule has 0 radical (unpaired) electrons. The van der Waals surface area contributed by atoms with Crippen molar-refractivity contribution in [3.63, 3.8) is 0 Å². The van der Waals surface area contributed by atoms with E-state index in [9.17, 15) is 8.78 Å². The molecule has 7 heteroatoms. The SMILES string of the molecule is CCNC(=NCCc1ncc(CC)s1)NCCc1c(F)cccc1F. The Hall–Kier alpha value is -2.02. The first-order valence-electron chi connectivity index (χ1n) is 8.52. The van der Waals surface area contributed by atoms with Gasteiger partial charge in [-0.05, 0) is 31.9 Å². The molecule has 0 unspecified atom stereocenters. The molecule has 25 heavy (non-hydrogen) atoms. The third-order valence-electron chi connectivity index (χ3n) is 3.62. The highest BCUT2D eigenvalue weighted by Gasteiger charge is 2.08. The van der Waals surface area contributed by atoms with Gasteiger partial charge in [-0.3, -0.25) is 4.99 Å². The van der Waals surface area contributed by atoms with Crippen LogP contribution in [0.1, 0.15) is 29.3 Å². The van der Waals surface area contributed by atoms with E-state index < -0.39 is 11.6 Å². The van der Waals surface area contributed by atoms with Crippen LogP contribution in [0.2, 0.25) is 0 Å². The van der Waals surface area contributed by atoms with Crippen molar-refractivity contribution in [2.24, 2.45) is 4.99 Å². The summed E-state index contributed by atoms with van der Waals surface area (Å²) >= 11 is 1.71. The third-order valence-corrected chi connectivity index (χ3v) is 4.82. The Kier molecular flexibility index (Phi) is 7.78. The van der Waals surface area contributed by atoms with Crippen LogP contribution in [0.25, 0.3) is 0 Å². The lowest BCUT2D eigenvalue weighted by atomic mass is 10.1. The number of rotatable bonds is 8. The predicted octanol–water partition coefficient (Wildman–Crippen LogP) is 3.32. The monoisotopic (exact) mass is 366 g/mol. The van der Waals surface area contributed by atoms with Crippen LogP contribution in [0.5, 0.6) is 0 Å². The first kappa shape index (κ1) is 19.3. The minimum atomic E-state index is -0.515. The van der Waals surface area contributed by atoms with Gasteiger partial charge in [-0.25, -0.2) is 13.8 Å². The topological polar surface area (TPSA) is 49.3 Å². The number of aryl methyl sites for hydroxylation is 1. The summed E-state index contributed by atoms with van der Waals surface area (Å²) in [5.41, 5.74) is 0.0979. The molecule has 0 fully saturated rings. The lowest BCUT2D eigenvalue weighted by Gasteiger charge is -2.11. The zero-order chi connectivity index (χ0) is 18.1. The highest BCUT2D eigenvalue weighted by atomic mass is 32.1. The molecule has 0 aliphatic carbocycles. The van der Waals surface area contributed by atoms with Crippen LogP contribution in [-0.4, -0.2) is 30.6 Å². The maximum Gasteiger partial charge on any atom is 0.191 e. The Morgan fingerprint density at radius 1 is 1.16 bits per heavy atom. The molecule has 0 saturated carbocycles. The lowest BCUT2D eigenvalue weighted by molar-refractivity contribution is 0.553. The van der Waals surface area contributed by atoms with Gasteiger partial charge in [-0.1, -0.05) is 13.0 Å². The predicted molar refractivity (Wildman–Crippen MR) is 99.2 cm³/mol. The highest BCUT2D eigenvalue weighted by molar-refractivity contribution is 7.11. The number of thiazole rings is 1. The first-order valence-corrected chi connectivity index (χ1v) is 9.34. The fraction of sp³-hybridized carbons (Fsp3) is 0.444. The van der Waals surface area contributed by atoms with E-state index in [-0.39, 0.29) is 12.0 Å². The van der Waals surface area contributed by atoms with Crippen LogP contribution in [0.4, 0.5) is 8.78 Å². The van der Waals surface area contributed by atoms with Crippen molar-refractivity contribution >= 4 is 17.3 Å². The number of aliphatic imine (C=N–C) groups is 1. The highest BCUT2D eigenvalue weighted by Crippen LogP contribution is 2.14. The lowest BCUT2D eigenvalue weighted by Crippen LogP contribution is -2.38. The molecule has 0 amide bonds. The summed E-state index contributed by atoms with van der Waals surface area (Å²) in [5, 5.41) is 7.32.